The van der Waals surface area contributed by atoms with Gasteiger partial charge in [0.2, 0.25) is 5.91 Å². The summed E-state index contributed by atoms with van der Waals surface area (Å²) in [7, 11) is 0. The first-order valence-corrected chi connectivity index (χ1v) is 17.9. The lowest BCUT2D eigenvalue weighted by molar-refractivity contribution is -0.154. The number of benzene rings is 1. The highest BCUT2D eigenvalue weighted by atomic mass is 16.6. The van der Waals surface area contributed by atoms with E-state index < -0.39 is 12.0 Å². The zero-order valence-electron chi connectivity index (χ0n) is 29.7. The van der Waals surface area contributed by atoms with Gasteiger partial charge in [-0.05, 0) is 69.1 Å². The molecule has 0 bridgehead atoms. The lowest BCUT2D eigenvalue weighted by Gasteiger charge is -2.18. The fraction of sp³-hybridized carbons (Fsp3) is 0.488. The van der Waals surface area contributed by atoms with Crippen LogP contribution in [0.3, 0.4) is 0 Å². The Bertz CT molecular complexity index is 1240. The molecule has 1 amide bonds. The van der Waals surface area contributed by atoms with Crippen LogP contribution >= 0.6 is 0 Å². The second-order valence-electron chi connectivity index (χ2n) is 11.7. The van der Waals surface area contributed by atoms with Crippen LogP contribution < -0.4 is 5.32 Å². The van der Waals surface area contributed by atoms with Crippen molar-refractivity contribution in [1.29, 1.82) is 0 Å². The summed E-state index contributed by atoms with van der Waals surface area (Å²) in [6.45, 7) is 4.07. The molecule has 0 radical (unpaired) electrons. The maximum atomic E-state index is 12.9. The third-order valence-electron chi connectivity index (χ3n) is 7.31. The summed E-state index contributed by atoms with van der Waals surface area (Å²) >= 11 is 0. The minimum atomic E-state index is -1.02. The predicted molar refractivity (Wildman–Crippen MR) is 198 cm³/mol. The molecule has 0 heterocycles. The first-order chi connectivity index (χ1) is 23.9. The molecule has 0 saturated heterocycles. The number of esters is 2. The molecule has 0 aliphatic carbocycles. The van der Waals surface area contributed by atoms with Gasteiger partial charge in [0.1, 0.15) is 19.3 Å². The Morgan fingerprint density at radius 2 is 1.22 bits per heavy atom. The van der Waals surface area contributed by atoms with Gasteiger partial charge in [0.25, 0.3) is 0 Å². The van der Waals surface area contributed by atoms with E-state index >= 15 is 0 Å². The number of aromatic hydroxyl groups is 2. The second kappa shape index (κ2) is 29.8. The third kappa shape index (κ3) is 24.5. The minimum absolute atomic E-state index is 0.0515. The number of rotatable bonds is 27. The van der Waals surface area contributed by atoms with E-state index in [-0.39, 0.29) is 49.4 Å². The maximum Gasteiger partial charge on any atom is 0.329 e. The topological polar surface area (TPSA) is 122 Å². The Balaban J connectivity index is 2.40. The van der Waals surface area contributed by atoms with Gasteiger partial charge in [-0.25, -0.2) is 4.79 Å². The molecule has 0 aromatic heterocycles. The molecule has 0 aliphatic rings. The van der Waals surface area contributed by atoms with Crippen molar-refractivity contribution in [2.45, 2.75) is 116 Å². The summed E-state index contributed by atoms with van der Waals surface area (Å²) in [6.07, 6.45) is 37.3. The standard InChI is InChI=1S/C41H59NO7/c1-3-5-7-9-10-11-12-13-14-15-16-17-18-19-20-21-22-24-25-27-39(45)42-36(33-35-29-30-37(43)38(44)34-35)41(47)49-32-31-48-40(46)28-26-23-8-6-4-2/h5,7,10-11,13-14,16-17,19-20,22,24,29-30,34,36,43-44H,3-4,6,8-9,12,15,18,21,23,25-28,31-33H2,1-2H3,(H,42,45)/b7-5-,11-10-,14-13-,17-16-,20-19-,24-22-. The molecule has 3 N–H and O–H groups in total. The number of allylic oxidation sites excluding steroid dienone is 12. The zero-order chi connectivity index (χ0) is 35.8. The molecule has 0 spiro atoms. The van der Waals surface area contributed by atoms with Crippen molar-refractivity contribution in [2.24, 2.45) is 0 Å². The molecule has 270 valence electrons. The molecule has 0 saturated carbocycles. The van der Waals surface area contributed by atoms with Gasteiger partial charge in [0.05, 0.1) is 0 Å². The van der Waals surface area contributed by atoms with Gasteiger partial charge in [0, 0.05) is 19.3 Å². The second-order valence-corrected chi connectivity index (χ2v) is 11.7. The first-order valence-electron chi connectivity index (χ1n) is 17.9. The van der Waals surface area contributed by atoms with E-state index in [1.807, 2.05) is 12.2 Å². The summed E-state index contributed by atoms with van der Waals surface area (Å²) < 4.78 is 10.5. The highest BCUT2D eigenvalue weighted by molar-refractivity contribution is 5.84. The van der Waals surface area contributed by atoms with E-state index in [4.69, 9.17) is 9.47 Å². The molecule has 0 fully saturated rings. The number of unbranched alkanes of at least 4 members (excludes halogenated alkanes) is 4. The van der Waals surface area contributed by atoms with Crippen molar-refractivity contribution in [1.82, 2.24) is 5.32 Å². The molecular weight excluding hydrogens is 618 g/mol. The van der Waals surface area contributed by atoms with E-state index in [1.165, 1.54) is 12.1 Å². The average Bonchev–Trinajstić information content (AvgIpc) is 3.08. The number of hydrogen-bond acceptors (Lipinski definition) is 7. The fourth-order valence-corrected chi connectivity index (χ4v) is 4.59. The van der Waals surface area contributed by atoms with Crippen LogP contribution in [0.1, 0.15) is 109 Å². The highest BCUT2D eigenvalue weighted by Gasteiger charge is 2.23. The lowest BCUT2D eigenvalue weighted by atomic mass is 10.0. The van der Waals surface area contributed by atoms with Gasteiger partial charge in [0.15, 0.2) is 11.5 Å². The minimum Gasteiger partial charge on any atom is -0.504 e. The van der Waals surface area contributed by atoms with E-state index in [0.29, 0.717) is 18.4 Å². The van der Waals surface area contributed by atoms with Gasteiger partial charge >= 0.3 is 11.9 Å². The molecular formula is C41H59NO7. The molecule has 1 rings (SSSR count). The Hall–Kier alpha value is -4.33. The fourth-order valence-electron chi connectivity index (χ4n) is 4.59. The summed E-state index contributed by atoms with van der Waals surface area (Å²) in [5.74, 6) is -1.93. The van der Waals surface area contributed by atoms with Crippen molar-refractivity contribution in [2.75, 3.05) is 13.2 Å². The quantitative estimate of drug-likeness (QED) is 0.0368. The number of carbonyl (C=O) groups excluding carboxylic acids is 3. The van der Waals surface area contributed by atoms with Crippen LogP contribution in [0, 0.1) is 0 Å². The monoisotopic (exact) mass is 677 g/mol. The van der Waals surface area contributed by atoms with Crippen molar-refractivity contribution in [3.8, 4) is 11.5 Å². The van der Waals surface area contributed by atoms with Crippen LogP contribution in [-0.4, -0.2) is 47.3 Å². The van der Waals surface area contributed by atoms with Crippen LogP contribution in [0.5, 0.6) is 11.5 Å². The number of amides is 1. The molecule has 1 atom stereocenters. The molecule has 0 aliphatic heterocycles. The summed E-state index contributed by atoms with van der Waals surface area (Å²) in [5, 5.41) is 22.2. The molecule has 1 aromatic rings. The van der Waals surface area contributed by atoms with Gasteiger partial charge in [-0.1, -0.05) is 119 Å². The van der Waals surface area contributed by atoms with Crippen LogP contribution in [0.25, 0.3) is 0 Å². The van der Waals surface area contributed by atoms with Gasteiger partial charge in [-0.15, -0.1) is 0 Å². The number of hydrogen-bond donors (Lipinski definition) is 3. The van der Waals surface area contributed by atoms with Crippen LogP contribution in [-0.2, 0) is 30.3 Å². The van der Waals surface area contributed by atoms with Crippen molar-refractivity contribution in [3.05, 3.63) is 96.7 Å². The zero-order valence-corrected chi connectivity index (χ0v) is 29.7. The normalized spacial score (nSPS) is 12.7. The lowest BCUT2D eigenvalue weighted by Crippen LogP contribution is -2.43. The number of carbonyl (C=O) groups is 3. The SMILES string of the molecule is CC/C=C\C/C=C\C/C=C\C/C=C\C/C=C\C/C=C\CCC(=O)NC(Cc1ccc(O)c(O)c1)C(=O)OCCOC(=O)CCCCCCC. The molecule has 1 aromatic carbocycles. The number of phenolic OH excluding ortho intramolecular Hbond substituents is 2. The highest BCUT2D eigenvalue weighted by Crippen LogP contribution is 2.25. The smallest absolute Gasteiger partial charge is 0.329 e. The Morgan fingerprint density at radius 3 is 1.80 bits per heavy atom. The first kappa shape index (κ1) is 42.7. The largest absolute Gasteiger partial charge is 0.504 e. The predicted octanol–water partition coefficient (Wildman–Crippen LogP) is 9.05. The molecule has 8 heteroatoms. The van der Waals surface area contributed by atoms with Crippen molar-refractivity contribution >= 4 is 17.8 Å². The van der Waals surface area contributed by atoms with Crippen molar-refractivity contribution in [3.63, 3.8) is 0 Å². The summed E-state index contributed by atoms with van der Waals surface area (Å²) in [6, 6.07) is 3.19. The Labute approximate surface area is 294 Å². The van der Waals surface area contributed by atoms with Gasteiger partial charge < -0.3 is 25.0 Å². The summed E-state index contributed by atoms with van der Waals surface area (Å²) in [4.78, 5) is 37.5. The summed E-state index contributed by atoms with van der Waals surface area (Å²) in [5.41, 5.74) is 0.531. The number of ether oxygens (including phenoxy) is 2. The Morgan fingerprint density at radius 1 is 0.673 bits per heavy atom. The number of phenols is 2. The van der Waals surface area contributed by atoms with Crippen LogP contribution in [0.4, 0.5) is 0 Å². The van der Waals surface area contributed by atoms with E-state index in [9.17, 15) is 24.6 Å². The third-order valence-corrected chi connectivity index (χ3v) is 7.31. The van der Waals surface area contributed by atoms with Crippen molar-refractivity contribution < 1.29 is 34.1 Å². The Kier molecular flexibility index (Phi) is 25.9. The van der Waals surface area contributed by atoms with Crippen LogP contribution in [0.15, 0.2) is 91.1 Å². The van der Waals surface area contributed by atoms with E-state index in [2.05, 4.69) is 79.9 Å². The molecule has 1 unspecified atom stereocenters. The number of nitrogens with one attached hydrogen (secondary N) is 1. The van der Waals surface area contributed by atoms with E-state index in [0.717, 1.165) is 70.6 Å². The maximum absolute atomic E-state index is 12.9. The van der Waals surface area contributed by atoms with E-state index in [1.54, 1.807) is 6.07 Å². The van der Waals surface area contributed by atoms with Gasteiger partial charge in [-0.3, -0.25) is 9.59 Å². The molecule has 8 nitrogen and oxygen atoms in total. The average molecular weight is 678 g/mol. The van der Waals surface area contributed by atoms with Gasteiger partial charge in [-0.2, -0.15) is 0 Å². The van der Waals surface area contributed by atoms with Crippen LogP contribution in [0.2, 0.25) is 0 Å². The molecule has 49 heavy (non-hydrogen) atoms.